The molecule has 18 heavy (non-hydrogen) atoms. The van der Waals surface area contributed by atoms with Crippen LogP contribution in [0.3, 0.4) is 0 Å². The molecule has 1 unspecified atom stereocenters. The number of hydrogen-bond acceptors (Lipinski definition) is 3. The van der Waals surface area contributed by atoms with Crippen LogP contribution in [-0.2, 0) is 4.74 Å². The first kappa shape index (κ1) is 14.7. The summed E-state index contributed by atoms with van der Waals surface area (Å²) in [6.07, 6.45) is 2.98. The Morgan fingerprint density at radius 2 is 2.11 bits per heavy atom. The largest absolute Gasteiger partial charge is 0.494 e. The second kappa shape index (κ2) is 9.68. The van der Waals surface area contributed by atoms with Crippen molar-refractivity contribution in [1.29, 1.82) is 0 Å². The summed E-state index contributed by atoms with van der Waals surface area (Å²) in [5.41, 5.74) is 0. The van der Waals surface area contributed by atoms with Gasteiger partial charge in [0.1, 0.15) is 5.75 Å². The van der Waals surface area contributed by atoms with Crippen LogP contribution < -0.4 is 10.1 Å². The molecule has 0 fully saturated rings. The zero-order valence-corrected chi connectivity index (χ0v) is 11.1. The van der Waals surface area contributed by atoms with Crippen molar-refractivity contribution in [2.45, 2.75) is 19.4 Å². The molecule has 1 aromatic rings. The third kappa shape index (κ3) is 7.09. The highest BCUT2D eigenvalue weighted by Gasteiger charge is 1.99. The second-order valence-corrected chi connectivity index (χ2v) is 4.15. The molecule has 1 aromatic carbocycles. The maximum atomic E-state index is 5.59. The van der Waals surface area contributed by atoms with Gasteiger partial charge in [0, 0.05) is 6.54 Å². The highest BCUT2D eigenvalue weighted by atomic mass is 16.5. The van der Waals surface area contributed by atoms with Crippen molar-refractivity contribution in [1.82, 2.24) is 5.32 Å². The lowest BCUT2D eigenvalue weighted by molar-refractivity contribution is 0.0878. The molecule has 0 bridgehead atoms. The molecule has 1 N–H and O–H groups in total. The van der Waals surface area contributed by atoms with Crippen LogP contribution in [0.4, 0.5) is 0 Å². The molecule has 0 saturated carbocycles. The minimum absolute atomic E-state index is 0.220. The number of nitrogens with one attached hydrogen (secondary N) is 1. The number of hydrogen-bond donors (Lipinski definition) is 1. The van der Waals surface area contributed by atoms with Crippen molar-refractivity contribution in [3.63, 3.8) is 0 Å². The molecule has 3 nitrogen and oxygen atoms in total. The minimum atomic E-state index is 0.220. The van der Waals surface area contributed by atoms with Gasteiger partial charge in [-0.1, -0.05) is 24.3 Å². The van der Waals surface area contributed by atoms with Crippen molar-refractivity contribution in [2.24, 2.45) is 0 Å². The zero-order chi connectivity index (χ0) is 13.1. The van der Waals surface area contributed by atoms with Gasteiger partial charge in [0.05, 0.1) is 19.3 Å². The first-order valence-corrected chi connectivity index (χ1v) is 6.44. The Bertz CT molecular complexity index is 314. The van der Waals surface area contributed by atoms with E-state index in [1.54, 1.807) is 6.08 Å². The van der Waals surface area contributed by atoms with E-state index in [0.29, 0.717) is 6.61 Å². The van der Waals surface area contributed by atoms with Gasteiger partial charge in [0.15, 0.2) is 0 Å². The summed E-state index contributed by atoms with van der Waals surface area (Å²) in [5, 5.41) is 3.34. The lowest BCUT2D eigenvalue weighted by Gasteiger charge is -2.12. The molecule has 0 spiro atoms. The zero-order valence-electron chi connectivity index (χ0n) is 11.1. The van der Waals surface area contributed by atoms with Gasteiger partial charge >= 0.3 is 0 Å². The normalized spacial score (nSPS) is 12.1. The van der Waals surface area contributed by atoms with Crippen LogP contribution in [0.25, 0.3) is 0 Å². The summed E-state index contributed by atoms with van der Waals surface area (Å²) >= 11 is 0. The Labute approximate surface area is 110 Å². The van der Waals surface area contributed by atoms with E-state index in [1.165, 1.54) is 0 Å². The highest BCUT2D eigenvalue weighted by Crippen LogP contribution is 2.07. The van der Waals surface area contributed by atoms with Gasteiger partial charge in [-0.15, -0.1) is 6.58 Å². The highest BCUT2D eigenvalue weighted by molar-refractivity contribution is 5.20. The standard InChI is InChI=1S/C15H23NO2/c1-3-11-17-14(2)13-16-10-7-12-18-15-8-5-4-6-9-15/h3-6,8-9,14,16H,1,7,10-13H2,2H3. The summed E-state index contributed by atoms with van der Waals surface area (Å²) < 4.78 is 11.0. The van der Waals surface area contributed by atoms with Gasteiger partial charge in [-0.05, 0) is 32.0 Å². The topological polar surface area (TPSA) is 30.5 Å². The van der Waals surface area contributed by atoms with Crippen LogP contribution in [0, 0.1) is 0 Å². The van der Waals surface area contributed by atoms with E-state index >= 15 is 0 Å². The van der Waals surface area contributed by atoms with Crippen LogP contribution in [-0.4, -0.2) is 32.4 Å². The Kier molecular flexibility index (Phi) is 7.93. The lowest BCUT2D eigenvalue weighted by atomic mass is 10.3. The van der Waals surface area contributed by atoms with Gasteiger partial charge in [-0.3, -0.25) is 0 Å². The van der Waals surface area contributed by atoms with E-state index in [0.717, 1.165) is 31.9 Å². The van der Waals surface area contributed by atoms with Crippen molar-refractivity contribution in [3.8, 4) is 5.75 Å². The molecule has 0 amide bonds. The Hall–Kier alpha value is -1.32. The molecule has 0 radical (unpaired) electrons. The van der Waals surface area contributed by atoms with Crippen LogP contribution in [0.1, 0.15) is 13.3 Å². The van der Waals surface area contributed by atoms with Gasteiger partial charge < -0.3 is 14.8 Å². The third-order valence-electron chi connectivity index (χ3n) is 2.44. The van der Waals surface area contributed by atoms with E-state index in [2.05, 4.69) is 18.8 Å². The fraction of sp³-hybridized carbons (Fsp3) is 0.467. The molecular formula is C15H23NO2. The van der Waals surface area contributed by atoms with Crippen molar-refractivity contribution in [2.75, 3.05) is 26.3 Å². The summed E-state index contributed by atoms with van der Waals surface area (Å²) in [4.78, 5) is 0. The maximum absolute atomic E-state index is 5.59. The molecule has 1 atom stereocenters. The fourth-order valence-corrected chi connectivity index (χ4v) is 1.50. The van der Waals surface area contributed by atoms with E-state index in [9.17, 15) is 0 Å². The third-order valence-corrected chi connectivity index (χ3v) is 2.44. The van der Waals surface area contributed by atoms with E-state index in [1.807, 2.05) is 30.3 Å². The SMILES string of the molecule is C=CCOC(C)CNCCCOc1ccccc1. The van der Waals surface area contributed by atoms with E-state index < -0.39 is 0 Å². The van der Waals surface area contributed by atoms with Crippen LogP contribution >= 0.6 is 0 Å². The van der Waals surface area contributed by atoms with Crippen molar-refractivity contribution in [3.05, 3.63) is 43.0 Å². The quantitative estimate of drug-likeness (QED) is 0.511. The summed E-state index contributed by atoms with van der Waals surface area (Å²) in [7, 11) is 0. The second-order valence-electron chi connectivity index (χ2n) is 4.15. The molecule has 3 heteroatoms. The predicted octanol–water partition coefficient (Wildman–Crippen LogP) is 2.64. The van der Waals surface area contributed by atoms with Gasteiger partial charge in [-0.25, -0.2) is 0 Å². The molecular weight excluding hydrogens is 226 g/mol. The molecule has 0 heterocycles. The molecule has 0 aliphatic heterocycles. The summed E-state index contributed by atoms with van der Waals surface area (Å²) in [5.74, 6) is 0.931. The maximum Gasteiger partial charge on any atom is 0.119 e. The van der Waals surface area contributed by atoms with Crippen LogP contribution in [0.2, 0.25) is 0 Å². The summed E-state index contributed by atoms with van der Waals surface area (Å²) in [6.45, 7) is 8.82. The Morgan fingerprint density at radius 1 is 1.33 bits per heavy atom. The molecule has 0 aliphatic rings. The molecule has 100 valence electrons. The first-order valence-electron chi connectivity index (χ1n) is 6.44. The molecule has 0 aliphatic carbocycles. The molecule has 0 aromatic heterocycles. The molecule has 1 rings (SSSR count). The number of rotatable bonds is 10. The van der Waals surface area contributed by atoms with Crippen molar-refractivity contribution < 1.29 is 9.47 Å². The van der Waals surface area contributed by atoms with Gasteiger partial charge in [-0.2, -0.15) is 0 Å². The predicted molar refractivity (Wildman–Crippen MR) is 75.0 cm³/mol. The number of para-hydroxylation sites is 1. The Balaban J connectivity index is 1.94. The minimum Gasteiger partial charge on any atom is -0.494 e. The van der Waals surface area contributed by atoms with Crippen LogP contribution in [0.15, 0.2) is 43.0 Å². The van der Waals surface area contributed by atoms with Crippen LogP contribution in [0.5, 0.6) is 5.75 Å². The number of ether oxygens (including phenoxy) is 2. The van der Waals surface area contributed by atoms with Gasteiger partial charge in [0.25, 0.3) is 0 Å². The van der Waals surface area contributed by atoms with Crippen molar-refractivity contribution >= 4 is 0 Å². The monoisotopic (exact) mass is 249 g/mol. The van der Waals surface area contributed by atoms with E-state index in [4.69, 9.17) is 9.47 Å². The fourth-order valence-electron chi connectivity index (χ4n) is 1.50. The summed E-state index contributed by atoms with van der Waals surface area (Å²) in [6, 6.07) is 9.88. The lowest BCUT2D eigenvalue weighted by Crippen LogP contribution is -2.28. The average molecular weight is 249 g/mol. The van der Waals surface area contributed by atoms with Gasteiger partial charge in [0.2, 0.25) is 0 Å². The Morgan fingerprint density at radius 3 is 2.83 bits per heavy atom. The number of benzene rings is 1. The molecule has 0 saturated heterocycles. The smallest absolute Gasteiger partial charge is 0.119 e. The average Bonchev–Trinajstić information content (AvgIpc) is 2.41. The van der Waals surface area contributed by atoms with E-state index in [-0.39, 0.29) is 6.10 Å². The first-order chi connectivity index (χ1) is 8.83.